The Hall–Kier alpha value is -3.85. The van der Waals surface area contributed by atoms with Crippen molar-refractivity contribution >= 4 is 45.5 Å². The molecule has 3 heterocycles. The van der Waals surface area contributed by atoms with Gasteiger partial charge in [-0.05, 0) is 42.5 Å². The molecule has 0 spiro atoms. The Kier molecular flexibility index (Phi) is 4.59. The molecular weight excluding hydrogens is 468 g/mol. The number of barbiturate groups is 1. The first-order chi connectivity index (χ1) is 15.0. The maximum atomic E-state index is 13.0. The number of urea groups is 1. The maximum Gasteiger partial charge on any atom is 0.335 e. The molecule has 2 aliphatic heterocycles. The third-order valence-corrected chi connectivity index (χ3v) is 5.23. The first kappa shape index (κ1) is 19.1. The third-order valence-electron chi connectivity index (χ3n) is 4.74. The SMILES string of the molecule is O=C1NC(=O)N(c2ccc3c(c2)OCO3)C(=O)/C1=C/c1ccc(-c2cccc(Br)c2)o1. The largest absolute Gasteiger partial charge is 0.457 e. The lowest BCUT2D eigenvalue weighted by Gasteiger charge is -2.26. The first-order valence-electron chi connectivity index (χ1n) is 9.16. The third kappa shape index (κ3) is 3.49. The summed E-state index contributed by atoms with van der Waals surface area (Å²) in [5.74, 6) is 0.218. The lowest BCUT2D eigenvalue weighted by atomic mass is 10.1. The Morgan fingerprint density at radius 2 is 1.81 bits per heavy atom. The summed E-state index contributed by atoms with van der Waals surface area (Å²) in [5.41, 5.74) is 0.849. The van der Waals surface area contributed by atoms with Crippen LogP contribution in [0.2, 0.25) is 0 Å². The zero-order valence-corrected chi connectivity index (χ0v) is 17.3. The molecule has 0 aliphatic carbocycles. The molecule has 4 amide bonds. The van der Waals surface area contributed by atoms with Crippen LogP contribution in [0.5, 0.6) is 11.5 Å². The van der Waals surface area contributed by atoms with Crippen LogP contribution in [0.15, 0.2) is 69.1 Å². The van der Waals surface area contributed by atoms with E-state index in [1.54, 1.807) is 18.2 Å². The Balaban J connectivity index is 1.47. The number of benzene rings is 2. The van der Waals surface area contributed by atoms with Crippen molar-refractivity contribution in [2.24, 2.45) is 0 Å². The molecule has 1 saturated heterocycles. The second-order valence-corrected chi connectivity index (χ2v) is 7.62. The van der Waals surface area contributed by atoms with Gasteiger partial charge in [0.1, 0.15) is 17.1 Å². The number of carbonyl (C=O) groups excluding carboxylic acids is 3. The number of hydrogen-bond donors (Lipinski definition) is 1. The number of carbonyl (C=O) groups is 3. The molecule has 0 saturated carbocycles. The van der Waals surface area contributed by atoms with Gasteiger partial charge < -0.3 is 13.9 Å². The van der Waals surface area contributed by atoms with Crippen molar-refractivity contribution in [3.8, 4) is 22.8 Å². The van der Waals surface area contributed by atoms with E-state index in [0.29, 0.717) is 23.0 Å². The van der Waals surface area contributed by atoms with E-state index in [1.807, 2.05) is 24.3 Å². The topological polar surface area (TPSA) is 98.1 Å². The molecule has 0 bridgehead atoms. The molecule has 154 valence electrons. The van der Waals surface area contributed by atoms with E-state index >= 15 is 0 Å². The highest BCUT2D eigenvalue weighted by Crippen LogP contribution is 2.36. The summed E-state index contributed by atoms with van der Waals surface area (Å²) in [4.78, 5) is 38.6. The number of nitrogens with zero attached hydrogens (tertiary/aromatic N) is 1. The van der Waals surface area contributed by atoms with E-state index < -0.39 is 17.8 Å². The van der Waals surface area contributed by atoms with Gasteiger partial charge in [-0.1, -0.05) is 28.1 Å². The van der Waals surface area contributed by atoms with Crippen LogP contribution in [0.25, 0.3) is 17.4 Å². The van der Waals surface area contributed by atoms with Crippen molar-refractivity contribution in [2.75, 3.05) is 11.7 Å². The van der Waals surface area contributed by atoms with Gasteiger partial charge in [0.15, 0.2) is 11.5 Å². The van der Waals surface area contributed by atoms with Crippen molar-refractivity contribution in [1.29, 1.82) is 0 Å². The lowest BCUT2D eigenvalue weighted by Crippen LogP contribution is -2.54. The number of imide groups is 2. The normalized spacial score (nSPS) is 16.7. The minimum absolute atomic E-state index is 0.0569. The maximum absolute atomic E-state index is 13.0. The van der Waals surface area contributed by atoms with Crippen LogP contribution >= 0.6 is 15.9 Å². The summed E-state index contributed by atoms with van der Waals surface area (Å²) in [6.07, 6.45) is 1.31. The number of anilines is 1. The molecule has 0 atom stereocenters. The number of halogens is 1. The van der Waals surface area contributed by atoms with E-state index in [-0.39, 0.29) is 18.1 Å². The number of fused-ring (bicyclic) bond motifs is 1. The molecule has 0 radical (unpaired) electrons. The van der Waals surface area contributed by atoms with Crippen molar-refractivity contribution in [3.63, 3.8) is 0 Å². The zero-order valence-electron chi connectivity index (χ0n) is 15.8. The minimum atomic E-state index is -0.847. The van der Waals surface area contributed by atoms with Crippen LogP contribution in [-0.2, 0) is 9.59 Å². The zero-order chi connectivity index (χ0) is 21.5. The van der Waals surface area contributed by atoms with Gasteiger partial charge in [-0.3, -0.25) is 14.9 Å². The summed E-state index contributed by atoms with van der Waals surface area (Å²) in [5, 5.41) is 2.18. The predicted octanol–water partition coefficient (Wildman–Crippen LogP) is 4.10. The molecule has 1 aromatic heterocycles. The van der Waals surface area contributed by atoms with E-state index in [0.717, 1.165) is 14.9 Å². The highest BCUT2D eigenvalue weighted by atomic mass is 79.9. The number of rotatable bonds is 3. The second-order valence-electron chi connectivity index (χ2n) is 6.71. The van der Waals surface area contributed by atoms with Crippen LogP contribution in [0.4, 0.5) is 10.5 Å². The summed E-state index contributed by atoms with van der Waals surface area (Å²) in [7, 11) is 0. The van der Waals surface area contributed by atoms with Crippen LogP contribution in [0, 0.1) is 0 Å². The van der Waals surface area contributed by atoms with E-state index in [9.17, 15) is 14.4 Å². The second kappa shape index (κ2) is 7.44. The fourth-order valence-corrected chi connectivity index (χ4v) is 3.69. The van der Waals surface area contributed by atoms with Crippen LogP contribution in [0.3, 0.4) is 0 Å². The first-order valence-corrected chi connectivity index (χ1v) is 9.96. The summed E-state index contributed by atoms with van der Waals surface area (Å²) < 4.78 is 17.2. The van der Waals surface area contributed by atoms with Crippen LogP contribution in [-0.4, -0.2) is 24.6 Å². The Labute approximate surface area is 184 Å². The summed E-state index contributed by atoms with van der Waals surface area (Å²) in [6, 6.07) is 14.7. The smallest absolute Gasteiger partial charge is 0.335 e. The van der Waals surface area contributed by atoms with Gasteiger partial charge in [0.05, 0.1) is 5.69 Å². The van der Waals surface area contributed by atoms with E-state index in [1.165, 1.54) is 18.2 Å². The fourth-order valence-electron chi connectivity index (χ4n) is 3.29. The number of hydrogen-bond acceptors (Lipinski definition) is 6. The molecule has 31 heavy (non-hydrogen) atoms. The molecule has 2 aliphatic rings. The van der Waals surface area contributed by atoms with E-state index in [2.05, 4.69) is 21.2 Å². The molecule has 2 aromatic carbocycles. The van der Waals surface area contributed by atoms with Gasteiger partial charge in [0, 0.05) is 16.1 Å². The minimum Gasteiger partial charge on any atom is -0.457 e. The molecule has 0 unspecified atom stereocenters. The molecule has 5 rings (SSSR count). The highest BCUT2D eigenvalue weighted by molar-refractivity contribution is 9.10. The quantitative estimate of drug-likeness (QED) is 0.447. The highest BCUT2D eigenvalue weighted by Gasteiger charge is 2.37. The monoisotopic (exact) mass is 480 g/mol. The Morgan fingerprint density at radius 1 is 0.968 bits per heavy atom. The fraction of sp³-hybridized carbons (Fsp3) is 0.0455. The van der Waals surface area contributed by atoms with Crippen molar-refractivity contribution in [1.82, 2.24) is 5.32 Å². The van der Waals surface area contributed by atoms with Gasteiger partial charge in [-0.2, -0.15) is 0 Å². The van der Waals surface area contributed by atoms with Gasteiger partial charge in [-0.25, -0.2) is 9.69 Å². The molecule has 1 fully saturated rings. The Morgan fingerprint density at radius 3 is 2.65 bits per heavy atom. The molecule has 8 nitrogen and oxygen atoms in total. The van der Waals surface area contributed by atoms with Gasteiger partial charge in [-0.15, -0.1) is 0 Å². The summed E-state index contributed by atoms with van der Waals surface area (Å²) >= 11 is 3.41. The summed E-state index contributed by atoms with van der Waals surface area (Å²) in [6.45, 7) is 0.0569. The van der Waals surface area contributed by atoms with E-state index in [4.69, 9.17) is 13.9 Å². The van der Waals surface area contributed by atoms with Crippen molar-refractivity contribution in [2.45, 2.75) is 0 Å². The van der Waals surface area contributed by atoms with Gasteiger partial charge >= 0.3 is 6.03 Å². The standard InChI is InChI=1S/C22H13BrN2O6/c23-13-3-1-2-12(8-13)17-7-5-15(31-17)10-16-20(26)24-22(28)25(21(16)27)14-4-6-18-19(9-14)30-11-29-18/h1-10H,11H2,(H,24,26,28)/b16-10+. The molecule has 1 N–H and O–H groups in total. The van der Waals surface area contributed by atoms with Crippen molar-refractivity contribution < 1.29 is 28.3 Å². The predicted molar refractivity (Wildman–Crippen MR) is 113 cm³/mol. The number of amides is 4. The van der Waals surface area contributed by atoms with Crippen LogP contribution < -0.4 is 19.7 Å². The van der Waals surface area contributed by atoms with Gasteiger partial charge in [0.2, 0.25) is 6.79 Å². The molecule has 9 heteroatoms. The van der Waals surface area contributed by atoms with Crippen molar-refractivity contribution in [3.05, 3.63) is 70.4 Å². The average Bonchev–Trinajstić information content (AvgIpc) is 3.40. The molecule has 3 aromatic rings. The van der Waals surface area contributed by atoms with Gasteiger partial charge in [0.25, 0.3) is 11.8 Å². The number of furan rings is 1. The Bertz CT molecular complexity index is 1280. The number of nitrogens with one attached hydrogen (secondary N) is 1. The number of ether oxygens (including phenoxy) is 2. The molecular formula is C22H13BrN2O6. The van der Waals surface area contributed by atoms with Crippen LogP contribution in [0.1, 0.15) is 5.76 Å². The average molecular weight is 481 g/mol. The lowest BCUT2D eigenvalue weighted by molar-refractivity contribution is -0.122.